The molecule has 0 aromatic carbocycles. The van der Waals surface area contributed by atoms with E-state index in [4.69, 9.17) is 9.59 Å². The number of hydrogen-bond acceptors (Lipinski definition) is 3. The summed E-state index contributed by atoms with van der Waals surface area (Å²) in [5.74, 6) is 0. The minimum absolute atomic E-state index is 0.250. The molecule has 0 unspecified atom stereocenters. The van der Waals surface area contributed by atoms with Crippen LogP contribution in [0.15, 0.2) is 0 Å². The monoisotopic (exact) mass is 144 g/mol. The second-order valence-electron chi connectivity index (χ2n) is 1.75. The maximum atomic E-state index is 9.68. The van der Waals surface area contributed by atoms with Crippen molar-refractivity contribution in [1.29, 1.82) is 0 Å². The Morgan fingerprint density at radius 3 is 2.10 bits per heavy atom. The molecule has 10 heavy (non-hydrogen) atoms. The predicted molar refractivity (Wildman–Crippen MR) is 35.2 cm³/mol. The lowest BCUT2D eigenvalue weighted by Gasteiger charge is -1.85. The molecular weight excluding hydrogens is 132 g/mol. The lowest BCUT2D eigenvalue weighted by Crippen LogP contribution is -1.73. The van der Waals surface area contributed by atoms with Crippen molar-refractivity contribution < 1.29 is 14.4 Å². The molecule has 0 aliphatic rings. The average molecular weight is 144 g/mol. The van der Waals surface area contributed by atoms with Crippen molar-refractivity contribution in [2.45, 2.75) is 32.6 Å². The fourth-order valence-electron chi connectivity index (χ4n) is 0.478. The van der Waals surface area contributed by atoms with Crippen molar-refractivity contribution in [3.8, 4) is 0 Å². The van der Waals surface area contributed by atoms with E-state index in [0.717, 1.165) is 19.1 Å². The standard InChI is InChI=1S/C6H12O.CO2/c1-2-3-4-5-6-7;2-1-3/h6H,2-5H2,1H3;. The first-order valence-corrected chi connectivity index (χ1v) is 3.26. The molecule has 0 saturated heterocycles. The second kappa shape index (κ2) is 15.7. The van der Waals surface area contributed by atoms with Crippen LogP contribution in [0.5, 0.6) is 0 Å². The Labute approximate surface area is 60.4 Å². The van der Waals surface area contributed by atoms with Gasteiger partial charge in [0.05, 0.1) is 0 Å². The largest absolute Gasteiger partial charge is 0.373 e. The van der Waals surface area contributed by atoms with E-state index in [0.29, 0.717) is 0 Å². The molecule has 0 aromatic rings. The van der Waals surface area contributed by atoms with E-state index in [1.54, 1.807) is 0 Å². The highest BCUT2D eigenvalue weighted by Crippen LogP contribution is 1.94. The van der Waals surface area contributed by atoms with Crippen LogP contribution in [0.25, 0.3) is 0 Å². The number of rotatable bonds is 4. The van der Waals surface area contributed by atoms with Crippen LogP contribution in [0.1, 0.15) is 32.6 Å². The highest BCUT2D eigenvalue weighted by Gasteiger charge is 1.80. The summed E-state index contributed by atoms with van der Waals surface area (Å²) in [6, 6.07) is 0. The van der Waals surface area contributed by atoms with E-state index in [1.807, 2.05) is 0 Å². The summed E-state index contributed by atoms with van der Waals surface area (Å²) in [6.07, 6.45) is 5.44. The van der Waals surface area contributed by atoms with Gasteiger partial charge < -0.3 is 4.79 Å². The fourth-order valence-corrected chi connectivity index (χ4v) is 0.478. The molecule has 0 rings (SSSR count). The van der Waals surface area contributed by atoms with E-state index in [9.17, 15) is 4.79 Å². The van der Waals surface area contributed by atoms with E-state index < -0.39 is 0 Å². The van der Waals surface area contributed by atoms with Crippen molar-refractivity contribution in [3.63, 3.8) is 0 Å². The van der Waals surface area contributed by atoms with Gasteiger partial charge in [0.15, 0.2) is 0 Å². The van der Waals surface area contributed by atoms with Crippen LogP contribution >= 0.6 is 0 Å². The maximum Gasteiger partial charge on any atom is 0.373 e. The van der Waals surface area contributed by atoms with Crippen molar-refractivity contribution in [3.05, 3.63) is 0 Å². The van der Waals surface area contributed by atoms with E-state index in [2.05, 4.69) is 6.92 Å². The number of aldehydes is 1. The van der Waals surface area contributed by atoms with Crippen molar-refractivity contribution in [2.24, 2.45) is 0 Å². The summed E-state index contributed by atoms with van der Waals surface area (Å²) >= 11 is 0. The molecule has 3 nitrogen and oxygen atoms in total. The topological polar surface area (TPSA) is 51.2 Å². The molecule has 0 bridgehead atoms. The lowest BCUT2D eigenvalue weighted by atomic mass is 10.2. The van der Waals surface area contributed by atoms with Gasteiger partial charge in [-0.3, -0.25) is 0 Å². The van der Waals surface area contributed by atoms with Crippen LogP contribution in [0.4, 0.5) is 0 Å². The summed E-state index contributed by atoms with van der Waals surface area (Å²) in [6.45, 7) is 2.13. The van der Waals surface area contributed by atoms with Gasteiger partial charge in [-0.2, -0.15) is 9.59 Å². The maximum absolute atomic E-state index is 9.68. The summed E-state index contributed by atoms with van der Waals surface area (Å²) < 4.78 is 0. The van der Waals surface area contributed by atoms with Crippen molar-refractivity contribution >= 4 is 12.4 Å². The summed E-state index contributed by atoms with van der Waals surface area (Å²) in [5, 5.41) is 0. The zero-order chi connectivity index (χ0) is 8.24. The quantitative estimate of drug-likeness (QED) is 0.439. The van der Waals surface area contributed by atoms with Gasteiger partial charge in [-0.1, -0.05) is 19.8 Å². The van der Waals surface area contributed by atoms with Gasteiger partial charge in [-0.05, 0) is 6.42 Å². The van der Waals surface area contributed by atoms with Crippen LogP contribution < -0.4 is 0 Å². The highest BCUT2D eigenvalue weighted by atomic mass is 16.2. The number of carbonyl (C=O) groups is 1. The molecule has 0 N–H and O–H groups in total. The first-order chi connectivity index (χ1) is 4.83. The Kier molecular flexibility index (Phi) is 18.5. The molecule has 0 aliphatic carbocycles. The van der Waals surface area contributed by atoms with Gasteiger partial charge >= 0.3 is 6.15 Å². The minimum Gasteiger partial charge on any atom is -0.303 e. The molecule has 0 fully saturated rings. The van der Waals surface area contributed by atoms with E-state index in [-0.39, 0.29) is 6.15 Å². The molecular formula is C7H12O3. The Hall–Kier alpha value is -0.950. The molecule has 0 aliphatic heterocycles. The molecule has 0 radical (unpaired) electrons. The second-order valence-corrected chi connectivity index (χ2v) is 1.75. The average Bonchev–Trinajstić information content (AvgIpc) is 1.91. The minimum atomic E-state index is 0.250. The molecule has 0 aromatic heterocycles. The zero-order valence-corrected chi connectivity index (χ0v) is 6.13. The first kappa shape index (κ1) is 11.8. The zero-order valence-electron chi connectivity index (χ0n) is 6.13. The summed E-state index contributed by atoms with van der Waals surface area (Å²) in [7, 11) is 0. The first-order valence-electron chi connectivity index (χ1n) is 3.26. The van der Waals surface area contributed by atoms with Crippen LogP contribution in [0.2, 0.25) is 0 Å². The van der Waals surface area contributed by atoms with E-state index >= 15 is 0 Å². The van der Waals surface area contributed by atoms with Gasteiger partial charge in [0.2, 0.25) is 0 Å². The lowest BCUT2D eigenvalue weighted by molar-refractivity contribution is -0.191. The molecule has 0 saturated carbocycles. The van der Waals surface area contributed by atoms with Gasteiger partial charge in [-0.15, -0.1) is 0 Å². The van der Waals surface area contributed by atoms with Crippen LogP contribution in [0.3, 0.4) is 0 Å². The Morgan fingerprint density at radius 1 is 1.30 bits per heavy atom. The fraction of sp³-hybridized carbons (Fsp3) is 0.714. The predicted octanol–water partition coefficient (Wildman–Crippen LogP) is 1.18. The molecule has 0 heterocycles. The van der Waals surface area contributed by atoms with Gasteiger partial charge in [0, 0.05) is 6.42 Å². The normalized spacial score (nSPS) is 6.90. The number of hydrogen-bond donors (Lipinski definition) is 0. The third-order valence-corrected chi connectivity index (χ3v) is 0.926. The van der Waals surface area contributed by atoms with Crippen molar-refractivity contribution in [2.75, 3.05) is 0 Å². The number of carbonyl (C=O) groups excluding carboxylic acids is 3. The third-order valence-electron chi connectivity index (χ3n) is 0.926. The van der Waals surface area contributed by atoms with Gasteiger partial charge in [0.1, 0.15) is 6.29 Å². The summed E-state index contributed by atoms with van der Waals surface area (Å²) in [4.78, 5) is 25.9. The van der Waals surface area contributed by atoms with Crippen molar-refractivity contribution in [1.82, 2.24) is 0 Å². The molecule has 0 spiro atoms. The molecule has 58 valence electrons. The highest BCUT2D eigenvalue weighted by molar-refractivity contribution is 5.48. The Bertz CT molecular complexity index is 93.0. The molecule has 0 atom stereocenters. The smallest absolute Gasteiger partial charge is 0.303 e. The van der Waals surface area contributed by atoms with Crippen LogP contribution in [-0.4, -0.2) is 12.4 Å². The van der Waals surface area contributed by atoms with Crippen LogP contribution in [0, 0.1) is 0 Å². The van der Waals surface area contributed by atoms with E-state index in [1.165, 1.54) is 12.8 Å². The van der Waals surface area contributed by atoms with Gasteiger partial charge in [-0.25, -0.2) is 0 Å². The molecule has 0 amide bonds. The van der Waals surface area contributed by atoms with Gasteiger partial charge in [0.25, 0.3) is 0 Å². The Morgan fingerprint density at radius 2 is 1.80 bits per heavy atom. The third kappa shape index (κ3) is 27.7. The summed E-state index contributed by atoms with van der Waals surface area (Å²) in [5.41, 5.74) is 0. The Balaban J connectivity index is 0. The SMILES string of the molecule is CCCCCC=O.O=C=O. The molecule has 3 heteroatoms. The van der Waals surface area contributed by atoms with Crippen LogP contribution in [-0.2, 0) is 14.4 Å². The number of unbranched alkanes of at least 4 members (excludes halogenated alkanes) is 3.